The molecule has 2 rings (SSSR count). The maximum absolute atomic E-state index is 5.63. The molecule has 0 aromatic rings. The van der Waals surface area contributed by atoms with Crippen molar-refractivity contribution in [2.75, 3.05) is 13.1 Å². The van der Waals surface area contributed by atoms with Gasteiger partial charge in [0.2, 0.25) is 0 Å². The van der Waals surface area contributed by atoms with Crippen LogP contribution >= 0.6 is 0 Å². The summed E-state index contributed by atoms with van der Waals surface area (Å²) in [4.78, 5) is 0. The molecule has 0 spiro atoms. The van der Waals surface area contributed by atoms with Crippen LogP contribution in [0, 0.1) is 0 Å². The first-order valence-electron chi connectivity index (χ1n) is 5.01. The van der Waals surface area contributed by atoms with Crippen LogP contribution in [-0.4, -0.2) is 37.8 Å². The van der Waals surface area contributed by atoms with Gasteiger partial charge < -0.3 is 9.47 Å². The Kier molecular flexibility index (Phi) is 2.83. The molecule has 0 amide bonds. The molecule has 0 bridgehead atoms. The molecule has 13 heavy (non-hydrogen) atoms. The Bertz CT molecular complexity index is 159. The monoisotopic (exact) mass is 186 g/mol. The first-order chi connectivity index (χ1) is 6.24. The summed E-state index contributed by atoms with van der Waals surface area (Å²) < 4.78 is 11.3. The molecule has 4 atom stereocenters. The Morgan fingerprint density at radius 3 is 1.77 bits per heavy atom. The fraction of sp³-hybridized carbons (Fsp3) is 1.00. The second-order valence-corrected chi connectivity index (χ2v) is 3.92. The van der Waals surface area contributed by atoms with Crippen molar-refractivity contribution in [3.05, 3.63) is 0 Å². The van der Waals surface area contributed by atoms with Crippen LogP contribution in [0.4, 0.5) is 0 Å². The SMILES string of the molecule is CC1CNC(CC2NCC(C)O2)O1. The Balaban J connectivity index is 1.72. The smallest absolute Gasteiger partial charge is 0.112 e. The molecule has 0 radical (unpaired) electrons. The molecule has 4 nitrogen and oxygen atoms in total. The molecule has 4 unspecified atom stereocenters. The quantitative estimate of drug-likeness (QED) is 0.639. The highest BCUT2D eigenvalue weighted by atomic mass is 16.5. The summed E-state index contributed by atoms with van der Waals surface area (Å²) in [5.41, 5.74) is 0. The van der Waals surface area contributed by atoms with E-state index >= 15 is 0 Å². The van der Waals surface area contributed by atoms with E-state index in [9.17, 15) is 0 Å². The fourth-order valence-electron chi connectivity index (χ4n) is 1.82. The van der Waals surface area contributed by atoms with E-state index in [2.05, 4.69) is 24.5 Å². The van der Waals surface area contributed by atoms with Gasteiger partial charge in [-0.2, -0.15) is 0 Å². The van der Waals surface area contributed by atoms with Crippen molar-refractivity contribution in [1.29, 1.82) is 0 Å². The van der Waals surface area contributed by atoms with Crippen LogP contribution in [0.3, 0.4) is 0 Å². The molecule has 2 aliphatic rings. The predicted octanol–water partition coefficient (Wildman–Crippen LogP) is 0.0453. The number of nitrogens with one attached hydrogen (secondary N) is 2. The first-order valence-corrected chi connectivity index (χ1v) is 5.01. The normalized spacial score (nSPS) is 45.7. The van der Waals surface area contributed by atoms with Crippen molar-refractivity contribution in [2.24, 2.45) is 0 Å². The lowest BCUT2D eigenvalue weighted by Gasteiger charge is -2.16. The highest BCUT2D eigenvalue weighted by molar-refractivity contribution is 4.76. The van der Waals surface area contributed by atoms with Gasteiger partial charge in [0.25, 0.3) is 0 Å². The van der Waals surface area contributed by atoms with E-state index < -0.39 is 0 Å². The molecule has 0 aromatic carbocycles. The lowest BCUT2D eigenvalue weighted by atomic mass is 10.3. The Labute approximate surface area is 79.0 Å². The summed E-state index contributed by atoms with van der Waals surface area (Å²) in [6.45, 7) is 6.07. The van der Waals surface area contributed by atoms with E-state index in [1.165, 1.54) is 0 Å². The zero-order valence-corrected chi connectivity index (χ0v) is 8.25. The maximum Gasteiger partial charge on any atom is 0.112 e. The van der Waals surface area contributed by atoms with Crippen molar-refractivity contribution in [3.8, 4) is 0 Å². The standard InChI is InChI=1S/C9H18N2O2/c1-6-4-10-8(12-6)3-9-11-5-7(2)13-9/h6-11H,3-5H2,1-2H3. The third kappa shape index (κ3) is 2.40. The van der Waals surface area contributed by atoms with E-state index in [-0.39, 0.29) is 12.5 Å². The van der Waals surface area contributed by atoms with Crippen molar-refractivity contribution in [2.45, 2.75) is 44.9 Å². The van der Waals surface area contributed by atoms with Crippen LogP contribution < -0.4 is 10.6 Å². The fourth-order valence-corrected chi connectivity index (χ4v) is 1.82. The van der Waals surface area contributed by atoms with Gasteiger partial charge in [-0.3, -0.25) is 10.6 Å². The zero-order chi connectivity index (χ0) is 9.26. The summed E-state index contributed by atoms with van der Waals surface area (Å²) in [6.07, 6.45) is 1.90. The molecule has 0 aromatic heterocycles. The number of rotatable bonds is 2. The minimum absolute atomic E-state index is 0.165. The lowest BCUT2D eigenvalue weighted by molar-refractivity contribution is -0.0153. The minimum atomic E-state index is 0.165. The van der Waals surface area contributed by atoms with Crippen LogP contribution in [0.2, 0.25) is 0 Å². The van der Waals surface area contributed by atoms with Crippen LogP contribution in [0.1, 0.15) is 20.3 Å². The van der Waals surface area contributed by atoms with Gasteiger partial charge in [-0.15, -0.1) is 0 Å². The second-order valence-electron chi connectivity index (χ2n) is 3.92. The van der Waals surface area contributed by atoms with E-state index in [0.717, 1.165) is 19.5 Å². The molecule has 2 fully saturated rings. The highest BCUT2D eigenvalue weighted by Crippen LogP contribution is 2.14. The van der Waals surface area contributed by atoms with Gasteiger partial charge in [-0.25, -0.2) is 0 Å². The molecule has 0 saturated carbocycles. The van der Waals surface area contributed by atoms with Crippen molar-refractivity contribution >= 4 is 0 Å². The molecule has 2 N–H and O–H groups in total. The zero-order valence-electron chi connectivity index (χ0n) is 8.25. The second kappa shape index (κ2) is 3.92. The third-order valence-corrected chi connectivity index (χ3v) is 2.49. The molecule has 2 heterocycles. The molecule has 4 heteroatoms. The topological polar surface area (TPSA) is 42.5 Å². The van der Waals surface area contributed by atoms with Gasteiger partial charge in [-0.1, -0.05) is 0 Å². The van der Waals surface area contributed by atoms with Gasteiger partial charge in [0.05, 0.1) is 12.2 Å². The van der Waals surface area contributed by atoms with E-state index in [1.807, 2.05) is 0 Å². The third-order valence-electron chi connectivity index (χ3n) is 2.49. The Morgan fingerprint density at radius 2 is 1.46 bits per heavy atom. The number of hydrogen-bond acceptors (Lipinski definition) is 4. The summed E-state index contributed by atoms with van der Waals surface area (Å²) in [6, 6.07) is 0. The average molecular weight is 186 g/mol. The Hall–Kier alpha value is -0.160. The molecular weight excluding hydrogens is 168 g/mol. The maximum atomic E-state index is 5.63. The average Bonchev–Trinajstić information content (AvgIpc) is 2.62. The van der Waals surface area contributed by atoms with Gasteiger partial charge in [0.15, 0.2) is 0 Å². The molecular formula is C9H18N2O2. The molecule has 0 aliphatic carbocycles. The molecule has 2 aliphatic heterocycles. The van der Waals surface area contributed by atoms with Gasteiger partial charge in [-0.05, 0) is 13.8 Å². The van der Waals surface area contributed by atoms with Crippen molar-refractivity contribution in [3.63, 3.8) is 0 Å². The van der Waals surface area contributed by atoms with Crippen molar-refractivity contribution < 1.29 is 9.47 Å². The van der Waals surface area contributed by atoms with E-state index in [4.69, 9.17) is 9.47 Å². The van der Waals surface area contributed by atoms with Crippen LogP contribution in [0.25, 0.3) is 0 Å². The van der Waals surface area contributed by atoms with Crippen LogP contribution in [-0.2, 0) is 9.47 Å². The van der Waals surface area contributed by atoms with E-state index in [0.29, 0.717) is 12.2 Å². The number of hydrogen-bond donors (Lipinski definition) is 2. The lowest BCUT2D eigenvalue weighted by Crippen LogP contribution is -2.33. The van der Waals surface area contributed by atoms with E-state index in [1.54, 1.807) is 0 Å². The summed E-state index contributed by atoms with van der Waals surface area (Å²) >= 11 is 0. The largest absolute Gasteiger partial charge is 0.359 e. The Morgan fingerprint density at radius 1 is 1.00 bits per heavy atom. The van der Waals surface area contributed by atoms with Gasteiger partial charge in [0, 0.05) is 19.5 Å². The van der Waals surface area contributed by atoms with Crippen LogP contribution in [0.15, 0.2) is 0 Å². The predicted molar refractivity (Wildman–Crippen MR) is 49.3 cm³/mol. The summed E-state index contributed by atoms with van der Waals surface area (Å²) in [7, 11) is 0. The van der Waals surface area contributed by atoms with Gasteiger partial charge >= 0.3 is 0 Å². The number of ether oxygens (including phenoxy) is 2. The summed E-state index contributed by atoms with van der Waals surface area (Å²) in [5, 5.41) is 6.61. The van der Waals surface area contributed by atoms with Crippen molar-refractivity contribution in [1.82, 2.24) is 10.6 Å². The van der Waals surface area contributed by atoms with Gasteiger partial charge in [0.1, 0.15) is 12.5 Å². The summed E-state index contributed by atoms with van der Waals surface area (Å²) in [5.74, 6) is 0. The minimum Gasteiger partial charge on any atom is -0.359 e. The molecule has 2 saturated heterocycles. The molecule has 76 valence electrons. The first kappa shape index (κ1) is 9.40. The highest BCUT2D eigenvalue weighted by Gasteiger charge is 2.28. The van der Waals surface area contributed by atoms with Crippen LogP contribution in [0.5, 0.6) is 0 Å².